The molecule has 1 aromatic heterocycles. The molecule has 0 radical (unpaired) electrons. The van der Waals surface area contributed by atoms with E-state index >= 15 is 0 Å². The van der Waals surface area contributed by atoms with Gasteiger partial charge in [0, 0.05) is 54.7 Å². The number of fused-ring (bicyclic) bond motifs is 3. The van der Waals surface area contributed by atoms with Crippen molar-refractivity contribution in [1.29, 1.82) is 0 Å². The number of thioether (sulfide) groups is 1. The largest absolute Gasteiger partial charge is 0.456 e. The van der Waals surface area contributed by atoms with Crippen molar-refractivity contribution in [3.05, 3.63) is 47.0 Å². The fourth-order valence-electron chi connectivity index (χ4n) is 3.50. The minimum atomic E-state index is 0.0740. The number of rotatable bonds is 4. The van der Waals surface area contributed by atoms with Crippen molar-refractivity contribution in [2.45, 2.75) is 12.7 Å². The second-order valence-corrected chi connectivity index (χ2v) is 8.37. The van der Waals surface area contributed by atoms with Crippen LogP contribution in [0.25, 0.3) is 21.9 Å². The Morgan fingerprint density at radius 2 is 1.64 bits per heavy atom. The van der Waals surface area contributed by atoms with Crippen molar-refractivity contribution in [3.8, 4) is 0 Å². The van der Waals surface area contributed by atoms with E-state index < -0.39 is 0 Å². The van der Waals surface area contributed by atoms with E-state index in [2.05, 4.69) is 6.07 Å². The van der Waals surface area contributed by atoms with Gasteiger partial charge in [-0.05, 0) is 35.9 Å². The van der Waals surface area contributed by atoms with Gasteiger partial charge in [-0.1, -0.05) is 17.7 Å². The summed E-state index contributed by atoms with van der Waals surface area (Å²) in [6.07, 6.45) is 0. The van der Waals surface area contributed by atoms with Crippen molar-refractivity contribution in [2.75, 3.05) is 31.9 Å². The lowest BCUT2D eigenvalue weighted by atomic mass is 10.1. The Labute approximate surface area is 172 Å². The molecule has 0 atom stereocenters. The molecule has 1 aliphatic heterocycles. The van der Waals surface area contributed by atoms with E-state index in [9.17, 15) is 9.59 Å². The molecule has 1 fully saturated rings. The summed E-state index contributed by atoms with van der Waals surface area (Å²) in [5, 5.41) is 2.74. The maximum absolute atomic E-state index is 12.4. The van der Waals surface area contributed by atoms with E-state index in [1.165, 1.54) is 0 Å². The Hall–Kier alpha value is -2.18. The summed E-state index contributed by atoms with van der Waals surface area (Å²) in [7, 11) is 0. The number of hydrogen-bond acceptors (Lipinski definition) is 4. The van der Waals surface area contributed by atoms with Crippen LogP contribution >= 0.6 is 23.4 Å². The highest BCUT2D eigenvalue weighted by atomic mass is 35.5. The van der Waals surface area contributed by atoms with Gasteiger partial charge in [-0.15, -0.1) is 11.8 Å². The fraction of sp³-hybridized carbons (Fsp3) is 0.333. The molecular weight excluding hydrogens is 396 g/mol. The van der Waals surface area contributed by atoms with Gasteiger partial charge in [-0.2, -0.15) is 0 Å². The number of halogens is 1. The molecule has 0 saturated carbocycles. The molecule has 2 amide bonds. The zero-order chi connectivity index (χ0) is 19.7. The van der Waals surface area contributed by atoms with Crippen molar-refractivity contribution in [3.63, 3.8) is 0 Å². The van der Waals surface area contributed by atoms with Crippen LogP contribution in [0.5, 0.6) is 0 Å². The minimum absolute atomic E-state index is 0.0740. The number of carbonyl (C=O) groups is 2. The molecule has 0 aliphatic carbocycles. The first-order valence-electron chi connectivity index (χ1n) is 9.23. The Balaban J connectivity index is 1.36. The second-order valence-electron chi connectivity index (χ2n) is 6.95. The highest BCUT2D eigenvalue weighted by Crippen LogP contribution is 2.32. The number of hydrogen-bond donors (Lipinski definition) is 0. The maximum atomic E-state index is 12.4. The lowest BCUT2D eigenvalue weighted by Crippen LogP contribution is -2.50. The molecule has 2 heterocycles. The fourth-order valence-corrected chi connectivity index (χ4v) is 4.55. The summed E-state index contributed by atoms with van der Waals surface area (Å²) in [5.41, 5.74) is 2.81. The molecule has 2 aromatic carbocycles. The first kappa shape index (κ1) is 19.2. The summed E-state index contributed by atoms with van der Waals surface area (Å²) < 4.78 is 5.86. The van der Waals surface area contributed by atoms with Gasteiger partial charge in [-0.25, -0.2) is 0 Å². The van der Waals surface area contributed by atoms with E-state index in [1.807, 2.05) is 35.2 Å². The molecule has 5 nitrogen and oxygen atoms in total. The van der Waals surface area contributed by atoms with Crippen LogP contribution in [0, 0.1) is 0 Å². The molecule has 3 aromatic rings. The van der Waals surface area contributed by atoms with Gasteiger partial charge in [-0.3, -0.25) is 9.59 Å². The summed E-state index contributed by atoms with van der Waals surface area (Å²) in [5.74, 6) is 1.40. The first-order chi connectivity index (χ1) is 13.5. The molecular formula is C21H21ClN2O3S. The average Bonchev–Trinajstić information content (AvgIpc) is 3.05. The monoisotopic (exact) mass is 416 g/mol. The number of nitrogens with zero attached hydrogens (tertiary/aromatic N) is 2. The average molecular weight is 417 g/mol. The molecule has 146 valence electrons. The van der Waals surface area contributed by atoms with E-state index in [0.717, 1.165) is 33.3 Å². The standard InChI is InChI=1S/C21H21ClN2O3S/c1-14(25)23-6-8-24(9-7-23)21(26)13-28-12-15-2-4-19-17(10-15)18-11-16(22)3-5-20(18)27-19/h2-5,10-11H,6-9,12-13H2,1H3. The van der Waals surface area contributed by atoms with Crippen LogP contribution in [0.1, 0.15) is 12.5 Å². The van der Waals surface area contributed by atoms with Gasteiger partial charge in [0.15, 0.2) is 0 Å². The SMILES string of the molecule is CC(=O)N1CCN(C(=O)CSCc2ccc3oc4ccc(Cl)cc4c3c2)CC1. The lowest BCUT2D eigenvalue weighted by molar-refractivity contribution is -0.136. The molecule has 0 N–H and O–H groups in total. The van der Waals surface area contributed by atoms with Crippen molar-refractivity contribution < 1.29 is 14.0 Å². The van der Waals surface area contributed by atoms with Gasteiger partial charge < -0.3 is 14.2 Å². The molecule has 1 aliphatic rings. The summed E-state index contributed by atoms with van der Waals surface area (Å²) in [6.45, 7) is 4.05. The van der Waals surface area contributed by atoms with Crippen LogP contribution in [0.3, 0.4) is 0 Å². The van der Waals surface area contributed by atoms with Gasteiger partial charge in [0.25, 0.3) is 0 Å². The Kier molecular flexibility index (Phi) is 5.51. The zero-order valence-corrected chi connectivity index (χ0v) is 17.2. The zero-order valence-electron chi connectivity index (χ0n) is 15.6. The quantitative estimate of drug-likeness (QED) is 0.640. The van der Waals surface area contributed by atoms with Crippen LogP contribution in [-0.2, 0) is 15.3 Å². The van der Waals surface area contributed by atoms with Crippen molar-refractivity contribution >= 4 is 57.1 Å². The highest BCUT2D eigenvalue weighted by molar-refractivity contribution is 7.99. The van der Waals surface area contributed by atoms with Crippen molar-refractivity contribution in [1.82, 2.24) is 9.80 Å². The topological polar surface area (TPSA) is 53.8 Å². The molecule has 0 unspecified atom stereocenters. The smallest absolute Gasteiger partial charge is 0.232 e. The third-order valence-corrected chi connectivity index (χ3v) is 6.29. The molecule has 0 bridgehead atoms. The van der Waals surface area contributed by atoms with E-state index in [1.54, 1.807) is 23.6 Å². The van der Waals surface area contributed by atoms with Crippen LogP contribution in [0.4, 0.5) is 0 Å². The highest BCUT2D eigenvalue weighted by Gasteiger charge is 2.22. The maximum Gasteiger partial charge on any atom is 0.232 e. The van der Waals surface area contributed by atoms with Crippen LogP contribution in [0.2, 0.25) is 5.02 Å². The van der Waals surface area contributed by atoms with E-state index in [-0.39, 0.29) is 11.8 Å². The molecule has 1 saturated heterocycles. The summed E-state index contributed by atoms with van der Waals surface area (Å²) in [4.78, 5) is 27.4. The Morgan fingerprint density at radius 3 is 2.36 bits per heavy atom. The van der Waals surface area contributed by atoms with E-state index in [0.29, 0.717) is 37.0 Å². The normalized spacial score (nSPS) is 14.8. The number of piperazine rings is 1. The predicted octanol–water partition coefficient (Wildman–Crippen LogP) is 4.16. The third-order valence-electron chi connectivity index (χ3n) is 5.07. The summed E-state index contributed by atoms with van der Waals surface area (Å²) >= 11 is 7.73. The number of carbonyl (C=O) groups excluding carboxylic acids is 2. The lowest BCUT2D eigenvalue weighted by Gasteiger charge is -2.34. The van der Waals surface area contributed by atoms with Crippen molar-refractivity contribution in [2.24, 2.45) is 0 Å². The predicted molar refractivity (Wildman–Crippen MR) is 114 cm³/mol. The molecule has 7 heteroatoms. The second kappa shape index (κ2) is 8.05. The number of benzene rings is 2. The Bertz CT molecular complexity index is 1040. The number of furan rings is 1. The minimum Gasteiger partial charge on any atom is -0.456 e. The first-order valence-corrected chi connectivity index (χ1v) is 10.8. The van der Waals surface area contributed by atoms with Gasteiger partial charge in [0.05, 0.1) is 5.75 Å². The third kappa shape index (κ3) is 3.98. The molecule has 4 rings (SSSR count). The number of amides is 2. The van der Waals surface area contributed by atoms with Crippen LogP contribution < -0.4 is 0 Å². The van der Waals surface area contributed by atoms with Crippen LogP contribution in [0.15, 0.2) is 40.8 Å². The van der Waals surface area contributed by atoms with Crippen LogP contribution in [-0.4, -0.2) is 53.5 Å². The molecule has 28 heavy (non-hydrogen) atoms. The van der Waals surface area contributed by atoms with Gasteiger partial charge >= 0.3 is 0 Å². The summed E-state index contributed by atoms with van der Waals surface area (Å²) in [6, 6.07) is 11.8. The Morgan fingerprint density at radius 1 is 1.00 bits per heavy atom. The van der Waals surface area contributed by atoms with E-state index in [4.69, 9.17) is 16.0 Å². The van der Waals surface area contributed by atoms with Gasteiger partial charge in [0.1, 0.15) is 11.2 Å². The van der Waals surface area contributed by atoms with Gasteiger partial charge in [0.2, 0.25) is 11.8 Å². The molecule has 0 spiro atoms.